The second kappa shape index (κ2) is 5.54. The summed E-state index contributed by atoms with van der Waals surface area (Å²) in [6, 6.07) is 1.33. The van der Waals surface area contributed by atoms with Gasteiger partial charge in [0.2, 0.25) is 0 Å². The van der Waals surface area contributed by atoms with Crippen molar-refractivity contribution in [2.45, 2.75) is 19.4 Å². The van der Waals surface area contributed by atoms with Gasteiger partial charge in [0.15, 0.2) is 0 Å². The fraction of sp³-hybridized carbons (Fsp3) is 0.364. The summed E-state index contributed by atoms with van der Waals surface area (Å²) in [6.45, 7) is 3.04. The van der Waals surface area contributed by atoms with Crippen molar-refractivity contribution in [3.05, 3.63) is 28.0 Å². The molecule has 0 bridgehead atoms. The zero-order valence-corrected chi connectivity index (χ0v) is 11.6. The van der Waals surface area contributed by atoms with Crippen LogP contribution >= 0.6 is 23.2 Å². The molecule has 0 fully saturated rings. The van der Waals surface area contributed by atoms with Crippen molar-refractivity contribution in [1.29, 1.82) is 0 Å². The van der Waals surface area contributed by atoms with E-state index in [-0.39, 0.29) is 15.7 Å². The van der Waals surface area contributed by atoms with Crippen molar-refractivity contribution in [3.63, 3.8) is 0 Å². The van der Waals surface area contributed by atoms with Crippen molar-refractivity contribution in [3.8, 4) is 0 Å². The van der Waals surface area contributed by atoms with E-state index < -0.39 is 17.4 Å². The minimum absolute atomic E-state index is 0.139. The molecule has 7 heteroatoms. The Bertz CT molecular complexity index is 489. The van der Waals surface area contributed by atoms with Crippen LogP contribution in [0, 0.1) is 0 Å². The lowest BCUT2D eigenvalue weighted by Gasteiger charge is -2.23. The highest BCUT2D eigenvalue weighted by molar-refractivity contribution is 6.35. The summed E-state index contributed by atoms with van der Waals surface area (Å²) in [4.78, 5) is 27.1. The van der Waals surface area contributed by atoms with E-state index in [9.17, 15) is 9.59 Å². The largest absolute Gasteiger partial charge is 0.467 e. The third-order valence-electron chi connectivity index (χ3n) is 2.19. The van der Waals surface area contributed by atoms with Crippen LogP contribution in [0.15, 0.2) is 12.3 Å². The Kier molecular flexibility index (Phi) is 4.53. The van der Waals surface area contributed by atoms with Crippen molar-refractivity contribution in [2.24, 2.45) is 0 Å². The first kappa shape index (κ1) is 14.7. The smallest absolute Gasteiger partial charge is 0.330 e. The first-order chi connectivity index (χ1) is 8.27. The van der Waals surface area contributed by atoms with Crippen LogP contribution in [0.2, 0.25) is 10.2 Å². The van der Waals surface area contributed by atoms with Gasteiger partial charge in [-0.2, -0.15) is 0 Å². The predicted molar refractivity (Wildman–Crippen MR) is 67.8 cm³/mol. The normalized spacial score (nSPS) is 10.9. The zero-order chi connectivity index (χ0) is 13.9. The minimum Gasteiger partial charge on any atom is -0.467 e. The average molecular weight is 291 g/mol. The molecule has 1 N–H and O–H groups in total. The Balaban J connectivity index is 2.95. The molecule has 1 heterocycles. The highest BCUT2D eigenvalue weighted by Gasteiger charge is 2.31. The Labute approximate surface area is 114 Å². The fourth-order valence-electron chi connectivity index (χ4n) is 1.24. The number of halogens is 2. The maximum absolute atomic E-state index is 12.0. The number of carbonyl (C=O) groups excluding carboxylic acids is 2. The van der Waals surface area contributed by atoms with Gasteiger partial charge in [-0.25, -0.2) is 9.78 Å². The van der Waals surface area contributed by atoms with E-state index in [4.69, 9.17) is 23.2 Å². The molecule has 0 aromatic carbocycles. The number of nitrogens with one attached hydrogen (secondary N) is 1. The number of esters is 1. The number of amides is 1. The van der Waals surface area contributed by atoms with Gasteiger partial charge in [-0.1, -0.05) is 23.2 Å². The number of methoxy groups -OCH3 is 1. The molecular weight excluding hydrogens is 279 g/mol. The van der Waals surface area contributed by atoms with Gasteiger partial charge in [0.1, 0.15) is 10.7 Å². The van der Waals surface area contributed by atoms with Crippen LogP contribution in [0.3, 0.4) is 0 Å². The molecule has 18 heavy (non-hydrogen) atoms. The van der Waals surface area contributed by atoms with Crippen LogP contribution in [0.4, 0.5) is 0 Å². The van der Waals surface area contributed by atoms with Gasteiger partial charge < -0.3 is 10.1 Å². The van der Waals surface area contributed by atoms with Gasteiger partial charge in [-0.3, -0.25) is 4.79 Å². The highest BCUT2D eigenvalue weighted by atomic mass is 35.5. The van der Waals surface area contributed by atoms with Crippen LogP contribution in [-0.2, 0) is 9.53 Å². The predicted octanol–water partition coefficient (Wildman–Crippen LogP) is 2.07. The Morgan fingerprint density at radius 2 is 2.00 bits per heavy atom. The third kappa shape index (κ3) is 3.34. The lowest BCUT2D eigenvalue weighted by atomic mass is 10.1. The van der Waals surface area contributed by atoms with Crippen molar-refractivity contribution >= 4 is 35.1 Å². The van der Waals surface area contributed by atoms with Gasteiger partial charge in [0.25, 0.3) is 5.91 Å². The van der Waals surface area contributed by atoms with Crippen LogP contribution in [0.25, 0.3) is 0 Å². The molecule has 1 amide bonds. The topological polar surface area (TPSA) is 68.3 Å². The van der Waals surface area contributed by atoms with Gasteiger partial charge in [-0.05, 0) is 19.9 Å². The Morgan fingerprint density at radius 1 is 1.39 bits per heavy atom. The molecule has 0 aliphatic heterocycles. The molecule has 0 atom stereocenters. The summed E-state index contributed by atoms with van der Waals surface area (Å²) in [5, 5.41) is 2.80. The average Bonchev–Trinajstić information content (AvgIpc) is 2.30. The summed E-state index contributed by atoms with van der Waals surface area (Å²) in [7, 11) is 1.24. The van der Waals surface area contributed by atoms with E-state index in [0.717, 1.165) is 0 Å². The van der Waals surface area contributed by atoms with E-state index in [1.54, 1.807) is 0 Å². The first-order valence-electron chi connectivity index (χ1n) is 5.00. The molecule has 0 saturated carbocycles. The second-order valence-corrected chi connectivity index (χ2v) is 4.85. The van der Waals surface area contributed by atoms with Crippen molar-refractivity contribution in [1.82, 2.24) is 10.3 Å². The van der Waals surface area contributed by atoms with Crippen molar-refractivity contribution < 1.29 is 14.3 Å². The maximum Gasteiger partial charge on any atom is 0.330 e. The number of carbonyl (C=O) groups is 2. The monoisotopic (exact) mass is 290 g/mol. The molecule has 98 valence electrons. The van der Waals surface area contributed by atoms with Crippen LogP contribution in [-0.4, -0.2) is 29.5 Å². The van der Waals surface area contributed by atoms with E-state index in [1.807, 2.05) is 0 Å². The van der Waals surface area contributed by atoms with Gasteiger partial charge >= 0.3 is 5.97 Å². The summed E-state index contributed by atoms with van der Waals surface area (Å²) >= 11 is 11.5. The quantitative estimate of drug-likeness (QED) is 0.683. The standard InChI is InChI=1S/C11H12Cl2N2O3/c1-11(2,10(17)18-3)15-9(16)6-4-8(13)14-5-7(6)12/h4-5H,1-3H3,(H,15,16). The van der Waals surface area contributed by atoms with Gasteiger partial charge in [0, 0.05) is 6.20 Å². The second-order valence-electron chi connectivity index (χ2n) is 4.06. The van der Waals surface area contributed by atoms with E-state index >= 15 is 0 Å². The summed E-state index contributed by atoms with van der Waals surface area (Å²) in [5.41, 5.74) is -1.01. The molecule has 0 aliphatic carbocycles. The lowest BCUT2D eigenvalue weighted by Crippen LogP contribution is -2.50. The van der Waals surface area contributed by atoms with E-state index in [1.165, 1.54) is 33.2 Å². The van der Waals surface area contributed by atoms with Gasteiger partial charge in [0.05, 0.1) is 17.7 Å². The third-order valence-corrected chi connectivity index (χ3v) is 2.70. The number of hydrogen-bond donors (Lipinski definition) is 1. The first-order valence-corrected chi connectivity index (χ1v) is 5.75. The lowest BCUT2D eigenvalue weighted by molar-refractivity contribution is -0.146. The van der Waals surface area contributed by atoms with Gasteiger partial charge in [-0.15, -0.1) is 0 Å². The molecule has 0 spiro atoms. The molecule has 5 nitrogen and oxygen atoms in total. The molecule has 0 radical (unpaired) electrons. The number of hydrogen-bond acceptors (Lipinski definition) is 4. The number of aromatic nitrogens is 1. The Morgan fingerprint density at radius 3 is 2.56 bits per heavy atom. The Hall–Kier alpha value is -1.33. The number of pyridine rings is 1. The minimum atomic E-state index is -1.16. The number of nitrogens with zero attached hydrogens (tertiary/aromatic N) is 1. The molecule has 0 unspecified atom stereocenters. The number of ether oxygens (including phenoxy) is 1. The SMILES string of the molecule is COC(=O)C(C)(C)NC(=O)c1cc(Cl)ncc1Cl. The zero-order valence-electron chi connectivity index (χ0n) is 10.1. The van der Waals surface area contributed by atoms with E-state index in [0.29, 0.717) is 0 Å². The van der Waals surface area contributed by atoms with Crippen LogP contribution in [0.5, 0.6) is 0 Å². The molecule has 1 aromatic rings. The molecule has 0 aliphatic rings. The molecule has 1 rings (SSSR count). The molecular formula is C11H12Cl2N2O3. The van der Waals surface area contributed by atoms with Crippen molar-refractivity contribution in [2.75, 3.05) is 7.11 Å². The number of rotatable bonds is 3. The summed E-state index contributed by atoms with van der Waals surface area (Å²) in [5.74, 6) is -1.09. The molecule has 1 aromatic heterocycles. The maximum atomic E-state index is 12.0. The summed E-state index contributed by atoms with van der Waals surface area (Å²) in [6.07, 6.45) is 1.27. The highest BCUT2D eigenvalue weighted by Crippen LogP contribution is 2.19. The fourth-order valence-corrected chi connectivity index (χ4v) is 1.59. The van der Waals surface area contributed by atoms with Crippen LogP contribution < -0.4 is 5.32 Å². The van der Waals surface area contributed by atoms with E-state index in [2.05, 4.69) is 15.0 Å². The molecule has 0 saturated heterocycles. The summed E-state index contributed by atoms with van der Waals surface area (Å²) < 4.78 is 4.58. The van der Waals surface area contributed by atoms with Crippen LogP contribution in [0.1, 0.15) is 24.2 Å².